The third kappa shape index (κ3) is 4.01. The third-order valence-electron chi connectivity index (χ3n) is 5.72. The Morgan fingerprint density at radius 1 is 1.15 bits per heavy atom. The molecule has 2 aromatic carbocycles. The summed E-state index contributed by atoms with van der Waals surface area (Å²) < 4.78 is 19.7. The van der Waals surface area contributed by atoms with Crippen LogP contribution in [0.25, 0.3) is 11.3 Å². The van der Waals surface area contributed by atoms with Crippen LogP contribution in [0.1, 0.15) is 34.5 Å². The van der Waals surface area contributed by atoms with Crippen molar-refractivity contribution >= 4 is 23.2 Å². The molecule has 34 heavy (non-hydrogen) atoms. The second kappa shape index (κ2) is 8.14. The molecule has 0 bridgehead atoms. The van der Waals surface area contributed by atoms with Gasteiger partial charge in [0.25, 0.3) is 5.91 Å². The molecule has 2 aromatic heterocycles. The van der Waals surface area contributed by atoms with Crippen LogP contribution in [0.15, 0.2) is 54.9 Å². The van der Waals surface area contributed by atoms with Crippen LogP contribution in [-0.2, 0) is 5.60 Å². The van der Waals surface area contributed by atoms with Crippen LogP contribution in [0.5, 0.6) is 5.75 Å². The van der Waals surface area contributed by atoms with E-state index in [4.69, 9.17) is 16.2 Å². The van der Waals surface area contributed by atoms with Gasteiger partial charge in [0.2, 0.25) is 0 Å². The summed E-state index contributed by atoms with van der Waals surface area (Å²) in [6.45, 7) is 1.82. The van der Waals surface area contributed by atoms with Gasteiger partial charge < -0.3 is 21.5 Å². The average Bonchev–Trinajstić information content (AvgIpc) is 3.47. The van der Waals surface area contributed by atoms with Crippen LogP contribution in [0, 0.1) is 12.7 Å². The first-order valence-electron chi connectivity index (χ1n) is 10.6. The molecule has 9 nitrogen and oxygen atoms in total. The highest BCUT2D eigenvalue weighted by Crippen LogP contribution is 2.50. The van der Waals surface area contributed by atoms with E-state index in [1.807, 2.05) is 6.92 Å². The number of benzene rings is 2. The number of nitrogens with two attached hydrogens (primary N) is 2. The standard InChI is InChI=1S/C24H22FN7O2/c1-13-11-29-19(12-28-13)30-23-20(22(27)33)21(31-32-23)14-2-7-17(26)18(10-14)34-24(8-9-24)15-3-5-16(25)6-4-15/h2-7,10-12H,8-9,26H2,1H3,(H2,27,33)(H2,29,30,31,32). The first-order chi connectivity index (χ1) is 16.3. The van der Waals surface area contributed by atoms with Gasteiger partial charge in [0, 0.05) is 5.56 Å². The van der Waals surface area contributed by atoms with E-state index in [1.54, 1.807) is 36.5 Å². The van der Waals surface area contributed by atoms with E-state index in [2.05, 4.69) is 25.5 Å². The fourth-order valence-electron chi connectivity index (χ4n) is 3.77. The molecule has 0 spiro atoms. The molecule has 0 radical (unpaired) electrons. The van der Waals surface area contributed by atoms with Crippen molar-refractivity contribution in [1.29, 1.82) is 0 Å². The minimum absolute atomic E-state index is 0.165. The minimum Gasteiger partial charge on any atom is -0.480 e. The number of aryl methyl sites for hydroxylation is 1. The molecule has 6 N–H and O–H groups in total. The van der Waals surface area contributed by atoms with E-state index in [0.717, 1.165) is 24.1 Å². The van der Waals surface area contributed by atoms with Crippen molar-refractivity contribution in [3.05, 3.63) is 77.5 Å². The number of nitrogens with one attached hydrogen (secondary N) is 2. The van der Waals surface area contributed by atoms with Gasteiger partial charge in [-0.15, -0.1) is 0 Å². The molecule has 1 amide bonds. The van der Waals surface area contributed by atoms with Crippen molar-refractivity contribution in [3.8, 4) is 17.0 Å². The Balaban J connectivity index is 1.47. The number of rotatable bonds is 7. The monoisotopic (exact) mass is 459 g/mol. The predicted molar refractivity (Wildman–Crippen MR) is 125 cm³/mol. The summed E-state index contributed by atoms with van der Waals surface area (Å²) in [7, 11) is 0. The summed E-state index contributed by atoms with van der Waals surface area (Å²) >= 11 is 0. The van der Waals surface area contributed by atoms with Crippen molar-refractivity contribution in [2.24, 2.45) is 5.73 Å². The molecule has 10 heteroatoms. The molecular formula is C24H22FN7O2. The molecule has 4 aromatic rings. The summed E-state index contributed by atoms with van der Waals surface area (Å²) in [5.41, 5.74) is 14.6. The molecule has 5 rings (SSSR count). The highest BCUT2D eigenvalue weighted by atomic mass is 19.1. The SMILES string of the molecule is Cc1cnc(Nc2n[nH]c(-c3ccc(N)c(OC4(c5ccc(F)cc5)CC4)c3)c2C(N)=O)cn1. The number of carbonyl (C=O) groups excluding carboxylic acids is 1. The first kappa shape index (κ1) is 21.4. The first-order valence-corrected chi connectivity index (χ1v) is 10.6. The Morgan fingerprint density at radius 2 is 1.91 bits per heavy atom. The zero-order valence-electron chi connectivity index (χ0n) is 18.3. The number of nitrogen functional groups attached to an aromatic ring is 1. The van der Waals surface area contributed by atoms with Gasteiger partial charge in [-0.05, 0) is 49.6 Å². The maximum Gasteiger partial charge on any atom is 0.254 e. The van der Waals surface area contributed by atoms with Crippen LogP contribution >= 0.6 is 0 Å². The number of carbonyl (C=O) groups is 1. The molecule has 0 aliphatic heterocycles. The van der Waals surface area contributed by atoms with Crippen molar-refractivity contribution in [1.82, 2.24) is 20.2 Å². The van der Waals surface area contributed by atoms with Crippen molar-refractivity contribution in [2.45, 2.75) is 25.4 Å². The number of aromatic amines is 1. The molecule has 1 fully saturated rings. The zero-order chi connectivity index (χ0) is 23.9. The maximum absolute atomic E-state index is 13.4. The fraction of sp³-hybridized carbons (Fsp3) is 0.167. The highest BCUT2D eigenvalue weighted by Gasteiger charge is 2.47. The lowest BCUT2D eigenvalue weighted by atomic mass is 10.0. The molecule has 1 aliphatic rings. The van der Waals surface area contributed by atoms with E-state index in [1.165, 1.54) is 18.3 Å². The lowest BCUT2D eigenvalue weighted by Crippen LogP contribution is -2.16. The number of halogens is 1. The maximum atomic E-state index is 13.4. The van der Waals surface area contributed by atoms with E-state index in [0.29, 0.717) is 28.5 Å². The number of H-pyrrole nitrogens is 1. The Labute approximate surface area is 194 Å². The fourth-order valence-corrected chi connectivity index (χ4v) is 3.77. The number of amides is 1. The second-order valence-corrected chi connectivity index (χ2v) is 8.21. The quantitative estimate of drug-likeness (QED) is 0.308. The summed E-state index contributed by atoms with van der Waals surface area (Å²) in [6.07, 6.45) is 4.70. The van der Waals surface area contributed by atoms with Gasteiger partial charge in [-0.25, -0.2) is 9.37 Å². The molecule has 1 aliphatic carbocycles. The minimum atomic E-state index is -0.671. The largest absolute Gasteiger partial charge is 0.480 e. The van der Waals surface area contributed by atoms with Gasteiger partial charge in [-0.2, -0.15) is 5.10 Å². The number of nitrogens with zero attached hydrogens (tertiary/aromatic N) is 3. The summed E-state index contributed by atoms with van der Waals surface area (Å²) in [6, 6.07) is 11.4. The van der Waals surface area contributed by atoms with Gasteiger partial charge in [-0.3, -0.25) is 14.9 Å². The second-order valence-electron chi connectivity index (χ2n) is 8.21. The number of hydrogen-bond donors (Lipinski definition) is 4. The van der Waals surface area contributed by atoms with Gasteiger partial charge >= 0.3 is 0 Å². The Hall–Kier alpha value is -4.47. The van der Waals surface area contributed by atoms with Gasteiger partial charge in [-0.1, -0.05) is 18.2 Å². The third-order valence-corrected chi connectivity index (χ3v) is 5.72. The summed E-state index contributed by atoms with van der Waals surface area (Å²) in [4.78, 5) is 20.7. The van der Waals surface area contributed by atoms with Crippen molar-refractivity contribution in [2.75, 3.05) is 11.1 Å². The smallest absolute Gasteiger partial charge is 0.254 e. The number of aromatic nitrogens is 4. The van der Waals surface area contributed by atoms with E-state index in [-0.39, 0.29) is 17.2 Å². The Morgan fingerprint density at radius 3 is 2.56 bits per heavy atom. The number of hydrogen-bond acceptors (Lipinski definition) is 7. The molecule has 2 heterocycles. The predicted octanol–water partition coefficient (Wildman–Crippen LogP) is 3.81. The summed E-state index contributed by atoms with van der Waals surface area (Å²) in [5.74, 6) is 0.117. The summed E-state index contributed by atoms with van der Waals surface area (Å²) in [5, 5.41) is 10.0. The van der Waals surface area contributed by atoms with E-state index >= 15 is 0 Å². The van der Waals surface area contributed by atoms with Crippen LogP contribution in [-0.4, -0.2) is 26.1 Å². The average molecular weight is 459 g/mol. The number of anilines is 3. The molecule has 172 valence electrons. The van der Waals surface area contributed by atoms with Gasteiger partial charge in [0.15, 0.2) is 5.82 Å². The molecule has 0 unspecified atom stereocenters. The van der Waals surface area contributed by atoms with Crippen LogP contribution < -0.4 is 21.5 Å². The zero-order valence-corrected chi connectivity index (χ0v) is 18.3. The Bertz CT molecular complexity index is 1360. The highest BCUT2D eigenvalue weighted by molar-refractivity contribution is 6.04. The van der Waals surface area contributed by atoms with Crippen LogP contribution in [0.2, 0.25) is 0 Å². The van der Waals surface area contributed by atoms with E-state index in [9.17, 15) is 9.18 Å². The van der Waals surface area contributed by atoms with E-state index < -0.39 is 11.5 Å². The topological polar surface area (TPSA) is 145 Å². The van der Waals surface area contributed by atoms with Crippen molar-refractivity contribution in [3.63, 3.8) is 0 Å². The Kier molecular flexibility index (Phi) is 5.12. The van der Waals surface area contributed by atoms with Gasteiger partial charge in [0.05, 0.1) is 29.5 Å². The van der Waals surface area contributed by atoms with Crippen LogP contribution in [0.4, 0.5) is 21.7 Å². The molecule has 0 saturated heterocycles. The number of ether oxygens (including phenoxy) is 1. The van der Waals surface area contributed by atoms with Crippen molar-refractivity contribution < 1.29 is 13.9 Å². The number of primary amides is 1. The normalized spacial score (nSPS) is 13.9. The molecule has 0 atom stereocenters. The van der Waals surface area contributed by atoms with Crippen LogP contribution in [0.3, 0.4) is 0 Å². The lowest BCUT2D eigenvalue weighted by molar-refractivity contribution is 0.100. The molecule has 1 saturated carbocycles. The lowest BCUT2D eigenvalue weighted by Gasteiger charge is -2.20. The molecular weight excluding hydrogens is 437 g/mol. The van der Waals surface area contributed by atoms with Gasteiger partial charge in [0.1, 0.15) is 28.5 Å².